The largest absolute Gasteiger partial charge is 0.494 e. The standard InChI is InChI=1S/C23H24N2O4S/c1-4-13-29-19-11-9-16(10-12-19)14-20-21(26)25(3)23(30-20)24-18-8-6-7-17(15-18)22(27)28-5-2/h6-12,14-15H,4-5,13H2,1-3H3. The zero-order chi connectivity index (χ0) is 21.5. The molecule has 156 valence electrons. The number of aliphatic imine (C=N–C) groups is 1. The number of thioether (sulfide) groups is 1. The molecule has 2 aromatic rings. The number of hydrogen-bond acceptors (Lipinski definition) is 6. The molecule has 1 saturated heterocycles. The predicted molar refractivity (Wildman–Crippen MR) is 120 cm³/mol. The first-order chi connectivity index (χ1) is 14.5. The normalized spacial score (nSPS) is 16.4. The predicted octanol–water partition coefficient (Wildman–Crippen LogP) is 4.89. The van der Waals surface area contributed by atoms with Crippen LogP contribution in [0.5, 0.6) is 5.75 Å². The summed E-state index contributed by atoms with van der Waals surface area (Å²) >= 11 is 1.30. The molecule has 0 atom stereocenters. The minimum Gasteiger partial charge on any atom is -0.494 e. The minimum absolute atomic E-state index is 0.119. The fourth-order valence-electron chi connectivity index (χ4n) is 2.71. The van der Waals surface area contributed by atoms with Crippen molar-refractivity contribution in [1.29, 1.82) is 0 Å². The van der Waals surface area contributed by atoms with Crippen molar-refractivity contribution >= 4 is 40.6 Å². The second-order valence-corrected chi connectivity index (χ2v) is 7.57. The Labute approximate surface area is 180 Å². The van der Waals surface area contributed by atoms with E-state index in [1.807, 2.05) is 30.3 Å². The van der Waals surface area contributed by atoms with Gasteiger partial charge in [0.25, 0.3) is 5.91 Å². The summed E-state index contributed by atoms with van der Waals surface area (Å²) in [6, 6.07) is 14.5. The van der Waals surface area contributed by atoms with Crippen molar-refractivity contribution in [2.75, 3.05) is 20.3 Å². The third-order valence-corrected chi connectivity index (χ3v) is 5.30. The first-order valence-corrected chi connectivity index (χ1v) is 10.6. The van der Waals surface area contributed by atoms with Gasteiger partial charge in [0.1, 0.15) is 5.75 Å². The van der Waals surface area contributed by atoms with Crippen LogP contribution in [0.15, 0.2) is 58.4 Å². The number of ether oxygens (including phenoxy) is 2. The smallest absolute Gasteiger partial charge is 0.338 e. The van der Waals surface area contributed by atoms with E-state index in [0.29, 0.717) is 34.5 Å². The van der Waals surface area contributed by atoms with Gasteiger partial charge in [0.15, 0.2) is 5.17 Å². The van der Waals surface area contributed by atoms with E-state index in [-0.39, 0.29) is 5.91 Å². The average molecular weight is 425 g/mol. The minimum atomic E-state index is -0.394. The number of rotatable bonds is 7. The lowest BCUT2D eigenvalue weighted by Crippen LogP contribution is -2.23. The average Bonchev–Trinajstić information content (AvgIpc) is 3.01. The second-order valence-electron chi connectivity index (χ2n) is 6.56. The van der Waals surface area contributed by atoms with Crippen LogP contribution in [0.2, 0.25) is 0 Å². The summed E-state index contributed by atoms with van der Waals surface area (Å²) in [4.78, 5) is 31.2. The van der Waals surface area contributed by atoms with E-state index in [2.05, 4.69) is 11.9 Å². The summed E-state index contributed by atoms with van der Waals surface area (Å²) in [5.74, 6) is 0.298. The lowest BCUT2D eigenvalue weighted by molar-refractivity contribution is -0.121. The third kappa shape index (κ3) is 5.30. The Morgan fingerprint density at radius 1 is 1.17 bits per heavy atom. The quantitative estimate of drug-likeness (QED) is 0.468. The summed E-state index contributed by atoms with van der Waals surface area (Å²) in [7, 11) is 1.69. The Bertz CT molecular complexity index is 983. The zero-order valence-electron chi connectivity index (χ0n) is 17.3. The van der Waals surface area contributed by atoms with Crippen LogP contribution in [0.3, 0.4) is 0 Å². The highest BCUT2D eigenvalue weighted by atomic mass is 32.2. The fraction of sp³-hybridized carbons (Fsp3) is 0.261. The van der Waals surface area contributed by atoms with Gasteiger partial charge in [-0.15, -0.1) is 0 Å². The molecule has 0 spiro atoms. The Morgan fingerprint density at radius 3 is 2.63 bits per heavy atom. The van der Waals surface area contributed by atoms with Gasteiger partial charge in [0.2, 0.25) is 0 Å². The van der Waals surface area contributed by atoms with Crippen LogP contribution in [0, 0.1) is 0 Å². The van der Waals surface area contributed by atoms with Crippen LogP contribution in [0.25, 0.3) is 6.08 Å². The molecule has 0 aliphatic carbocycles. The van der Waals surface area contributed by atoms with E-state index >= 15 is 0 Å². The van der Waals surface area contributed by atoms with E-state index in [4.69, 9.17) is 9.47 Å². The molecule has 1 heterocycles. The van der Waals surface area contributed by atoms with Crippen LogP contribution in [0.1, 0.15) is 36.2 Å². The van der Waals surface area contributed by atoms with E-state index in [1.54, 1.807) is 38.2 Å². The summed E-state index contributed by atoms with van der Waals surface area (Å²) in [6.07, 6.45) is 2.79. The number of esters is 1. The second kappa shape index (κ2) is 10.1. The molecule has 0 radical (unpaired) electrons. The number of amidine groups is 1. The molecular formula is C23H24N2O4S. The third-order valence-electron chi connectivity index (χ3n) is 4.24. The molecule has 1 aliphatic rings. The lowest BCUT2D eigenvalue weighted by atomic mass is 10.2. The number of benzene rings is 2. The SMILES string of the molecule is CCCOc1ccc(C=C2SC(=Nc3cccc(C(=O)OCC)c3)N(C)C2=O)cc1. The van der Waals surface area contributed by atoms with Crippen molar-refractivity contribution in [1.82, 2.24) is 4.90 Å². The van der Waals surface area contributed by atoms with Gasteiger partial charge >= 0.3 is 5.97 Å². The summed E-state index contributed by atoms with van der Waals surface area (Å²) in [5, 5.41) is 0.551. The Morgan fingerprint density at radius 2 is 1.93 bits per heavy atom. The maximum Gasteiger partial charge on any atom is 0.338 e. The first-order valence-electron chi connectivity index (χ1n) is 9.78. The highest BCUT2D eigenvalue weighted by molar-refractivity contribution is 8.18. The van der Waals surface area contributed by atoms with Crippen LogP contribution in [-0.4, -0.2) is 42.2 Å². The van der Waals surface area contributed by atoms with Crippen molar-refractivity contribution in [2.24, 2.45) is 4.99 Å². The Kier molecular flexibility index (Phi) is 7.30. The molecule has 0 saturated carbocycles. The maximum atomic E-state index is 12.6. The highest BCUT2D eigenvalue weighted by Gasteiger charge is 2.30. The van der Waals surface area contributed by atoms with E-state index in [1.165, 1.54) is 16.7 Å². The summed E-state index contributed by atoms with van der Waals surface area (Å²) < 4.78 is 10.6. The fourth-order valence-corrected chi connectivity index (χ4v) is 3.70. The number of carbonyl (C=O) groups is 2. The molecule has 0 aromatic heterocycles. The molecule has 0 N–H and O–H groups in total. The van der Waals surface area contributed by atoms with Crippen molar-refractivity contribution in [3.63, 3.8) is 0 Å². The van der Waals surface area contributed by atoms with Gasteiger partial charge in [-0.2, -0.15) is 0 Å². The number of nitrogens with zero attached hydrogens (tertiary/aromatic N) is 2. The van der Waals surface area contributed by atoms with Gasteiger partial charge in [0, 0.05) is 7.05 Å². The van der Waals surface area contributed by atoms with Crippen LogP contribution >= 0.6 is 11.8 Å². The zero-order valence-corrected chi connectivity index (χ0v) is 18.1. The molecule has 1 amide bonds. The summed E-state index contributed by atoms with van der Waals surface area (Å²) in [5.41, 5.74) is 1.92. The molecule has 1 fully saturated rings. The number of likely N-dealkylation sites (N-methyl/N-ethyl adjacent to an activating group) is 1. The van der Waals surface area contributed by atoms with Gasteiger partial charge in [-0.1, -0.05) is 25.1 Å². The van der Waals surface area contributed by atoms with Crippen molar-refractivity contribution in [3.8, 4) is 5.75 Å². The van der Waals surface area contributed by atoms with E-state index in [0.717, 1.165) is 17.7 Å². The Balaban J connectivity index is 1.78. The topological polar surface area (TPSA) is 68.2 Å². The van der Waals surface area contributed by atoms with Crippen molar-refractivity contribution in [3.05, 3.63) is 64.6 Å². The van der Waals surface area contributed by atoms with Crippen LogP contribution < -0.4 is 4.74 Å². The molecule has 1 aliphatic heterocycles. The van der Waals surface area contributed by atoms with E-state index in [9.17, 15) is 9.59 Å². The molecule has 0 unspecified atom stereocenters. The first kappa shape index (κ1) is 21.6. The summed E-state index contributed by atoms with van der Waals surface area (Å²) in [6.45, 7) is 4.81. The molecule has 6 nitrogen and oxygen atoms in total. The van der Waals surface area contributed by atoms with Crippen LogP contribution in [0.4, 0.5) is 5.69 Å². The number of hydrogen-bond donors (Lipinski definition) is 0. The van der Waals surface area contributed by atoms with E-state index < -0.39 is 5.97 Å². The monoisotopic (exact) mass is 424 g/mol. The van der Waals surface area contributed by atoms with Crippen molar-refractivity contribution < 1.29 is 19.1 Å². The lowest BCUT2D eigenvalue weighted by Gasteiger charge is -2.07. The molecule has 30 heavy (non-hydrogen) atoms. The van der Waals surface area contributed by atoms with Gasteiger partial charge in [-0.3, -0.25) is 9.69 Å². The van der Waals surface area contributed by atoms with Crippen molar-refractivity contribution in [2.45, 2.75) is 20.3 Å². The number of amides is 1. The van der Waals surface area contributed by atoms with Gasteiger partial charge < -0.3 is 9.47 Å². The molecule has 0 bridgehead atoms. The molecule has 2 aromatic carbocycles. The van der Waals surface area contributed by atoms with Gasteiger partial charge in [0.05, 0.1) is 29.4 Å². The van der Waals surface area contributed by atoms with Crippen LogP contribution in [-0.2, 0) is 9.53 Å². The van der Waals surface area contributed by atoms with Gasteiger partial charge in [-0.05, 0) is 67.1 Å². The number of carbonyl (C=O) groups excluding carboxylic acids is 2. The van der Waals surface area contributed by atoms with Gasteiger partial charge in [-0.25, -0.2) is 9.79 Å². The molecule has 3 rings (SSSR count). The molecular weight excluding hydrogens is 400 g/mol. The highest BCUT2D eigenvalue weighted by Crippen LogP contribution is 2.33. The molecule has 7 heteroatoms. The maximum absolute atomic E-state index is 12.6. The Hall–Kier alpha value is -3.06.